The van der Waals surface area contributed by atoms with Crippen LogP contribution in [0.3, 0.4) is 0 Å². The Hall–Kier alpha value is -2.37. The van der Waals surface area contributed by atoms with Crippen LogP contribution in [0.2, 0.25) is 0 Å². The lowest BCUT2D eigenvalue weighted by Crippen LogP contribution is -2.04. The van der Waals surface area contributed by atoms with Gasteiger partial charge in [-0.3, -0.25) is 0 Å². The fourth-order valence-corrected chi connectivity index (χ4v) is 1.56. The number of methoxy groups -OCH3 is 1. The normalized spacial score (nSPS) is 10.3. The first-order chi connectivity index (χ1) is 9.15. The molecule has 0 saturated carbocycles. The smallest absolute Gasteiger partial charge is 0.376 e. The van der Waals surface area contributed by atoms with Crippen molar-refractivity contribution in [1.29, 1.82) is 0 Å². The van der Waals surface area contributed by atoms with E-state index in [1.54, 1.807) is 32.2 Å². The molecule has 0 radical (unpaired) electrons. The first kappa shape index (κ1) is 13.1. The molecule has 2 aromatic heterocycles. The fourth-order valence-electron chi connectivity index (χ4n) is 1.56. The van der Waals surface area contributed by atoms with E-state index >= 15 is 0 Å². The Morgan fingerprint density at radius 3 is 2.95 bits per heavy atom. The van der Waals surface area contributed by atoms with Gasteiger partial charge in [-0.05, 0) is 19.9 Å². The first-order valence-corrected chi connectivity index (χ1v) is 5.80. The Labute approximate surface area is 110 Å². The second-order valence-electron chi connectivity index (χ2n) is 3.74. The molecule has 2 aromatic rings. The molecule has 0 N–H and O–H groups in total. The topological polar surface area (TPSA) is 74.5 Å². The predicted molar refractivity (Wildman–Crippen MR) is 67.0 cm³/mol. The number of pyridine rings is 1. The molecular weight excluding hydrogens is 248 g/mol. The van der Waals surface area contributed by atoms with Gasteiger partial charge < -0.3 is 13.9 Å². The second-order valence-corrected chi connectivity index (χ2v) is 3.74. The lowest BCUT2D eigenvalue weighted by Gasteiger charge is -1.99. The average molecular weight is 262 g/mol. The Bertz CT molecular complexity index is 592. The lowest BCUT2D eigenvalue weighted by atomic mass is 10.2. The van der Waals surface area contributed by atoms with Gasteiger partial charge in [0.2, 0.25) is 17.5 Å². The largest absolute Gasteiger partial charge is 0.481 e. The van der Waals surface area contributed by atoms with Crippen molar-refractivity contribution in [3.63, 3.8) is 0 Å². The maximum atomic E-state index is 11.6. The number of rotatable bonds is 4. The Kier molecular flexibility index (Phi) is 3.79. The van der Waals surface area contributed by atoms with Crippen LogP contribution in [0.4, 0.5) is 0 Å². The summed E-state index contributed by atoms with van der Waals surface area (Å²) < 4.78 is 15.4. The van der Waals surface area contributed by atoms with Gasteiger partial charge in [0.05, 0.1) is 19.4 Å². The predicted octanol–water partition coefficient (Wildman–Crippen LogP) is 2.23. The van der Waals surface area contributed by atoms with Crippen molar-refractivity contribution in [2.24, 2.45) is 0 Å². The summed E-state index contributed by atoms with van der Waals surface area (Å²) in [6.07, 6.45) is 1.58. The van der Waals surface area contributed by atoms with Crippen LogP contribution in [0.25, 0.3) is 11.5 Å². The summed E-state index contributed by atoms with van der Waals surface area (Å²) in [5.74, 6) is 0.389. The number of oxazole rings is 1. The van der Waals surface area contributed by atoms with E-state index in [0.29, 0.717) is 23.0 Å². The van der Waals surface area contributed by atoms with Crippen LogP contribution in [0, 0.1) is 6.92 Å². The van der Waals surface area contributed by atoms with Crippen LogP contribution in [0.5, 0.6) is 5.88 Å². The van der Waals surface area contributed by atoms with Crippen molar-refractivity contribution in [2.75, 3.05) is 13.7 Å². The molecule has 2 rings (SSSR count). The number of nitrogens with zero attached hydrogens (tertiary/aromatic N) is 2. The lowest BCUT2D eigenvalue weighted by molar-refractivity contribution is 0.0490. The Morgan fingerprint density at radius 1 is 1.47 bits per heavy atom. The molecular formula is C13H14N2O4. The number of ether oxygens (including phenoxy) is 2. The van der Waals surface area contributed by atoms with E-state index in [1.807, 2.05) is 0 Å². The molecule has 0 aromatic carbocycles. The highest BCUT2D eigenvalue weighted by Crippen LogP contribution is 2.24. The van der Waals surface area contributed by atoms with E-state index in [1.165, 1.54) is 7.11 Å². The quantitative estimate of drug-likeness (QED) is 0.786. The molecule has 19 heavy (non-hydrogen) atoms. The van der Waals surface area contributed by atoms with Gasteiger partial charge in [-0.1, -0.05) is 0 Å². The van der Waals surface area contributed by atoms with Crippen molar-refractivity contribution >= 4 is 5.97 Å². The first-order valence-electron chi connectivity index (χ1n) is 5.80. The van der Waals surface area contributed by atoms with Gasteiger partial charge in [0.1, 0.15) is 0 Å². The van der Waals surface area contributed by atoms with Crippen LogP contribution in [0.15, 0.2) is 22.7 Å². The van der Waals surface area contributed by atoms with Crippen molar-refractivity contribution in [1.82, 2.24) is 9.97 Å². The molecule has 0 amide bonds. The highest BCUT2D eigenvalue weighted by Gasteiger charge is 2.19. The molecule has 0 spiro atoms. The number of carbonyl (C=O) groups excluding carboxylic acids is 1. The molecule has 0 unspecified atom stereocenters. The number of esters is 1. The highest BCUT2D eigenvalue weighted by atomic mass is 16.5. The number of hydrogen-bond acceptors (Lipinski definition) is 6. The van der Waals surface area contributed by atoms with E-state index in [2.05, 4.69) is 9.97 Å². The minimum absolute atomic E-state index is 0.118. The molecule has 6 heteroatoms. The maximum absolute atomic E-state index is 11.6. The summed E-state index contributed by atoms with van der Waals surface area (Å²) in [5, 5.41) is 0. The third kappa shape index (κ3) is 2.73. The van der Waals surface area contributed by atoms with Gasteiger partial charge in [-0.2, -0.15) is 0 Å². The maximum Gasteiger partial charge on any atom is 0.376 e. The molecule has 0 bridgehead atoms. The van der Waals surface area contributed by atoms with Crippen LogP contribution < -0.4 is 4.74 Å². The Balaban J connectivity index is 2.36. The van der Waals surface area contributed by atoms with Crippen LogP contribution >= 0.6 is 0 Å². The van der Waals surface area contributed by atoms with Crippen molar-refractivity contribution in [2.45, 2.75) is 13.8 Å². The molecule has 100 valence electrons. The minimum atomic E-state index is -0.514. The standard InChI is InChI=1S/C13H14N2O4/c1-4-18-13(16)11-8(2)15-12(19-11)9-5-6-14-10(7-9)17-3/h5-7H,4H2,1-3H3. The zero-order valence-corrected chi connectivity index (χ0v) is 11.0. The van der Waals surface area contributed by atoms with E-state index in [-0.39, 0.29) is 12.4 Å². The van der Waals surface area contributed by atoms with Crippen molar-refractivity contribution in [3.8, 4) is 17.3 Å². The second kappa shape index (κ2) is 5.51. The number of hydrogen-bond donors (Lipinski definition) is 0. The van der Waals surface area contributed by atoms with E-state index in [0.717, 1.165) is 0 Å². The minimum Gasteiger partial charge on any atom is -0.481 e. The van der Waals surface area contributed by atoms with Gasteiger partial charge in [0, 0.05) is 17.8 Å². The van der Waals surface area contributed by atoms with E-state index in [4.69, 9.17) is 13.9 Å². The molecule has 2 heterocycles. The summed E-state index contributed by atoms with van der Waals surface area (Å²) in [4.78, 5) is 19.8. The summed E-state index contributed by atoms with van der Waals surface area (Å²) in [7, 11) is 1.52. The highest BCUT2D eigenvalue weighted by molar-refractivity contribution is 5.87. The third-order valence-corrected chi connectivity index (χ3v) is 2.45. The van der Waals surface area contributed by atoms with Crippen molar-refractivity contribution < 1.29 is 18.7 Å². The van der Waals surface area contributed by atoms with Gasteiger partial charge in [0.25, 0.3) is 0 Å². The average Bonchev–Trinajstić information content (AvgIpc) is 2.81. The molecule has 0 fully saturated rings. The Morgan fingerprint density at radius 2 is 2.26 bits per heavy atom. The van der Waals surface area contributed by atoms with Crippen LogP contribution in [-0.4, -0.2) is 29.7 Å². The zero-order chi connectivity index (χ0) is 13.8. The number of aromatic nitrogens is 2. The zero-order valence-electron chi connectivity index (χ0n) is 11.0. The molecule has 6 nitrogen and oxygen atoms in total. The molecule has 0 aliphatic carbocycles. The molecule has 0 saturated heterocycles. The van der Waals surface area contributed by atoms with Crippen LogP contribution in [-0.2, 0) is 4.74 Å². The SMILES string of the molecule is CCOC(=O)c1oc(-c2ccnc(OC)c2)nc1C. The monoisotopic (exact) mass is 262 g/mol. The summed E-state index contributed by atoms with van der Waals surface area (Å²) >= 11 is 0. The van der Waals surface area contributed by atoms with Gasteiger partial charge in [0.15, 0.2) is 0 Å². The summed E-state index contributed by atoms with van der Waals surface area (Å²) in [6, 6.07) is 3.41. The van der Waals surface area contributed by atoms with Gasteiger partial charge >= 0.3 is 5.97 Å². The molecule has 0 aliphatic rings. The molecule has 0 aliphatic heterocycles. The fraction of sp³-hybridized carbons (Fsp3) is 0.308. The van der Waals surface area contributed by atoms with E-state index < -0.39 is 5.97 Å². The van der Waals surface area contributed by atoms with Gasteiger partial charge in [-0.15, -0.1) is 0 Å². The summed E-state index contributed by atoms with van der Waals surface area (Å²) in [5.41, 5.74) is 1.18. The van der Waals surface area contributed by atoms with E-state index in [9.17, 15) is 4.79 Å². The summed E-state index contributed by atoms with van der Waals surface area (Å²) in [6.45, 7) is 3.72. The van der Waals surface area contributed by atoms with Gasteiger partial charge in [-0.25, -0.2) is 14.8 Å². The number of aryl methyl sites for hydroxylation is 1. The third-order valence-electron chi connectivity index (χ3n) is 2.45. The molecule has 0 atom stereocenters. The number of carbonyl (C=O) groups is 1. The van der Waals surface area contributed by atoms with Crippen LogP contribution in [0.1, 0.15) is 23.2 Å². The van der Waals surface area contributed by atoms with Crippen molar-refractivity contribution in [3.05, 3.63) is 29.8 Å².